The van der Waals surface area contributed by atoms with Crippen LogP contribution in [0.4, 0.5) is 10.1 Å². The van der Waals surface area contributed by atoms with E-state index >= 15 is 4.39 Å². The van der Waals surface area contributed by atoms with Gasteiger partial charge in [0.2, 0.25) is 5.88 Å². The van der Waals surface area contributed by atoms with Gasteiger partial charge in [0.15, 0.2) is 12.5 Å². The molecule has 5 rings (SSSR count). The van der Waals surface area contributed by atoms with Gasteiger partial charge in [0.25, 0.3) is 0 Å². The number of nitrogens with zero attached hydrogens (tertiary/aromatic N) is 6. The van der Waals surface area contributed by atoms with Crippen LogP contribution in [-0.4, -0.2) is 76.7 Å². The zero-order valence-corrected chi connectivity index (χ0v) is 25.8. The number of piperazine rings is 1. The Morgan fingerprint density at radius 3 is 2.33 bits per heavy atom. The molecule has 1 saturated heterocycles. The summed E-state index contributed by atoms with van der Waals surface area (Å²) in [5.74, 6) is 0.434. The number of aromatic nitrogens is 4. The molecule has 1 aliphatic rings. The highest BCUT2D eigenvalue weighted by molar-refractivity contribution is 5.82. The zero-order chi connectivity index (χ0) is 30.9. The molecule has 3 aromatic heterocycles. The van der Waals surface area contributed by atoms with Crippen LogP contribution < -0.4 is 20.1 Å². The monoisotopic (exact) mass is 590 g/mol. The van der Waals surface area contributed by atoms with Gasteiger partial charge in [-0.3, -0.25) is 9.47 Å². The normalized spacial score (nSPS) is 14.3. The predicted octanol–water partition coefficient (Wildman–Crippen LogP) is 4.66. The first-order valence-corrected chi connectivity index (χ1v) is 14.2. The van der Waals surface area contributed by atoms with Gasteiger partial charge >= 0.3 is 5.69 Å². The number of imidazole rings is 1. The Labute approximate surface area is 251 Å². The molecule has 1 aromatic carbocycles. The molecule has 0 amide bonds. The summed E-state index contributed by atoms with van der Waals surface area (Å²) in [6.45, 7) is 12.0. The van der Waals surface area contributed by atoms with Crippen molar-refractivity contribution in [2.75, 3.05) is 52.1 Å². The van der Waals surface area contributed by atoms with Crippen LogP contribution in [0.25, 0.3) is 28.1 Å². The average Bonchev–Trinajstić information content (AvgIpc) is 3.32. The van der Waals surface area contributed by atoms with E-state index in [4.69, 9.17) is 19.2 Å². The Morgan fingerprint density at radius 1 is 0.977 bits per heavy atom. The van der Waals surface area contributed by atoms with Crippen molar-refractivity contribution < 1.29 is 18.6 Å². The van der Waals surface area contributed by atoms with Crippen molar-refractivity contribution in [3.8, 4) is 39.7 Å². The molecule has 0 aliphatic carbocycles. The fourth-order valence-electron chi connectivity index (χ4n) is 5.42. The van der Waals surface area contributed by atoms with Crippen molar-refractivity contribution in [2.24, 2.45) is 7.05 Å². The SMILES string of the molecule is COCOc1c(-c2ccc(-n3ccn(C)c3=O)c(F)c2)cc(C)nc1-c1cnc(OC)c(N2CCN(C(C)(C)C)CC2)c1. The van der Waals surface area contributed by atoms with E-state index in [1.807, 2.05) is 19.1 Å². The lowest BCUT2D eigenvalue weighted by Gasteiger charge is -2.43. The fourth-order valence-corrected chi connectivity index (χ4v) is 5.42. The van der Waals surface area contributed by atoms with Crippen LogP contribution in [-0.2, 0) is 11.8 Å². The second-order valence-electron chi connectivity index (χ2n) is 11.7. The number of benzene rings is 1. The number of hydrogen-bond acceptors (Lipinski definition) is 8. The van der Waals surface area contributed by atoms with Crippen LogP contribution in [0.5, 0.6) is 11.6 Å². The van der Waals surface area contributed by atoms with E-state index in [0.29, 0.717) is 28.5 Å². The van der Waals surface area contributed by atoms with E-state index in [0.717, 1.165) is 43.1 Å². The summed E-state index contributed by atoms with van der Waals surface area (Å²) in [4.78, 5) is 26.7. The van der Waals surface area contributed by atoms with Gasteiger partial charge in [-0.1, -0.05) is 6.07 Å². The van der Waals surface area contributed by atoms with Crippen molar-refractivity contribution in [2.45, 2.75) is 33.2 Å². The molecular weight excluding hydrogens is 551 g/mol. The first-order chi connectivity index (χ1) is 20.5. The Hall–Kier alpha value is -4.22. The third kappa shape index (κ3) is 6.14. The topological polar surface area (TPSA) is 86.9 Å². The largest absolute Gasteiger partial charge is 0.480 e. The Balaban J connectivity index is 1.58. The van der Waals surface area contributed by atoms with Gasteiger partial charge < -0.3 is 23.7 Å². The molecule has 0 unspecified atom stereocenters. The maximum Gasteiger partial charge on any atom is 0.332 e. The smallest absolute Gasteiger partial charge is 0.332 e. The van der Waals surface area contributed by atoms with Crippen molar-refractivity contribution in [1.29, 1.82) is 0 Å². The average molecular weight is 591 g/mol. The Bertz CT molecular complexity index is 1670. The predicted molar refractivity (Wildman–Crippen MR) is 165 cm³/mol. The van der Waals surface area contributed by atoms with Crippen LogP contribution in [0.2, 0.25) is 0 Å². The molecule has 0 atom stereocenters. The molecule has 0 bridgehead atoms. The van der Waals surface area contributed by atoms with E-state index in [-0.39, 0.29) is 23.7 Å². The molecule has 0 radical (unpaired) electrons. The zero-order valence-electron chi connectivity index (χ0n) is 25.8. The van der Waals surface area contributed by atoms with E-state index in [1.54, 1.807) is 44.9 Å². The van der Waals surface area contributed by atoms with Crippen molar-refractivity contribution in [3.63, 3.8) is 0 Å². The number of ether oxygens (including phenoxy) is 3. The number of methoxy groups -OCH3 is 2. The molecule has 1 aliphatic heterocycles. The molecular formula is C32H39FN6O4. The second-order valence-corrected chi connectivity index (χ2v) is 11.7. The minimum Gasteiger partial charge on any atom is -0.480 e. The molecule has 43 heavy (non-hydrogen) atoms. The third-order valence-corrected chi connectivity index (χ3v) is 7.76. The highest BCUT2D eigenvalue weighted by atomic mass is 19.1. The standard InChI is InChI=1S/C32H39FN6O4/c1-21-16-24(22-8-9-26(25(33)17-22)39-15-10-36(5)31(39)40)29(43-20-41-6)28(35-21)23-18-27(30(42-7)34-19-23)37-11-13-38(14-12-37)32(2,3)4/h8-10,15-19H,11-14,20H2,1-7H3. The van der Waals surface area contributed by atoms with Gasteiger partial charge in [0.1, 0.15) is 17.2 Å². The van der Waals surface area contributed by atoms with Gasteiger partial charge in [-0.05, 0) is 57.5 Å². The van der Waals surface area contributed by atoms with E-state index in [9.17, 15) is 4.79 Å². The van der Waals surface area contributed by atoms with Crippen molar-refractivity contribution in [1.82, 2.24) is 24.0 Å². The van der Waals surface area contributed by atoms with Crippen molar-refractivity contribution in [3.05, 3.63) is 70.9 Å². The molecule has 0 N–H and O–H groups in total. The van der Waals surface area contributed by atoms with E-state index in [1.165, 1.54) is 22.3 Å². The molecule has 228 valence electrons. The minimum atomic E-state index is -0.540. The summed E-state index contributed by atoms with van der Waals surface area (Å²) < 4.78 is 35.2. The number of pyridine rings is 2. The number of halogens is 1. The Kier molecular flexibility index (Phi) is 8.57. The third-order valence-electron chi connectivity index (χ3n) is 7.76. The lowest BCUT2D eigenvalue weighted by molar-refractivity contribution is 0.0517. The summed E-state index contributed by atoms with van der Waals surface area (Å²) >= 11 is 0. The van der Waals surface area contributed by atoms with Crippen LogP contribution in [0.3, 0.4) is 0 Å². The number of aryl methyl sites for hydroxylation is 2. The fraction of sp³-hybridized carbons (Fsp3) is 0.406. The summed E-state index contributed by atoms with van der Waals surface area (Å²) in [5, 5.41) is 0. The molecule has 11 heteroatoms. The first-order valence-electron chi connectivity index (χ1n) is 14.2. The van der Waals surface area contributed by atoms with Gasteiger partial charge in [-0.15, -0.1) is 0 Å². The van der Waals surface area contributed by atoms with Gasteiger partial charge in [-0.2, -0.15) is 0 Å². The second kappa shape index (κ2) is 12.2. The molecule has 0 spiro atoms. The Morgan fingerprint density at radius 2 is 1.72 bits per heavy atom. The summed E-state index contributed by atoms with van der Waals surface area (Å²) in [5.41, 5.74) is 4.02. The first kappa shape index (κ1) is 30.2. The molecule has 10 nitrogen and oxygen atoms in total. The van der Waals surface area contributed by atoms with Crippen LogP contribution in [0.15, 0.2) is 53.7 Å². The van der Waals surface area contributed by atoms with Crippen LogP contribution >= 0.6 is 0 Å². The maximum atomic E-state index is 15.5. The molecule has 4 aromatic rings. The lowest BCUT2D eigenvalue weighted by atomic mass is 10.00. The highest BCUT2D eigenvalue weighted by Gasteiger charge is 2.28. The van der Waals surface area contributed by atoms with Crippen LogP contribution in [0, 0.1) is 12.7 Å². The minimum absolute atomic E-state index is 0.0318. The molecule has 1 fully saturated rings. The van der Waals surface area contributed by atoms with Gasteiger partial charge in [0.05, 0.1) is 12.8 Å². The van der Waals surface area contributed by atoms with Crippen molar-refractivity contribution >= 4 is 5.69 Å². The lowest BCUT2D eigenvalue weighted by Crippen LogP contribution is -2.53. The summed E-state index contributed by atoms with van der Waals surface area (Å²) in [7, 11) is 4.78. The highest BCUT2D eigenvalue weighted by Crippen LogP contribution is 2.41. The summed E-state index contributed by atoms with van der Waals surface area (Å²) in [6, 6.07) is 8.63. The van der Waals surface area contributed by atoms with Gasteiger partial charge in [0, 0.05) is 81.3 Å². The molecule has 0 saturated carbocycles. The van der Waals surface area contributed by atoms with E-state index < -0.39 is 5.82 Å². The maximum absolute atomic E-state index is 15.5. The number of anilines is 1. The van der Waals surface area contributed by atoms with E-state index in [2.05, 4.69) is 35.6 Å². The quantitative estimate of drug-likeness (QED) is 0.274. The number of hydrogen-bond donors (Lipinski definition) is 0. The van der Waals surface area contributed by atoms with Crippen LogP contribution in [0.1, 0.15) is 26.5 Å². The summed E-state index contributed by atoms with van der Waals surface area (Å²) in [6.07, 6.45) is 4.84. The van der Waals surface area contributed by atoms with Gasteiger partial charge in [-0.25, -0.2) is 19.2 Å². The number of rotatable bonds is 8. The molecule has 4 heterocycles.